The molecule has 0 unspecified atom stereocenters. The van der Waals surface area contributed by atoms with Crippen molar-refractivity contribution in [1.82, 2.24) is 4.90 Å². The van der Waals surface area contributed by atoms with Gasteiger partial charge in [-0.3, -0.25) is 4.79 Å². The second kappa shape index (κ2) is 8.55. The molecular formula is C23H27NO5. The number of rotatable bonds is 6. The van der Waals surface area contributed by atoms with Gasteiger partial charge in [0.25, 0.3) is 5.91 Å². The number of likely N-dealkylation sites (tertiary alicyclic amines) is 1. The number of piperidine rings is 1. The topological polar surface area (TPSA) is 76.1 Å². The third kappa shape index (κ3) is 4.88. The van der Waals surface area contributed by atoms with Gasteiger partial charge in [-0.25, -0.2) is 4.79 Å². The Balaban J connectivity index is 1.57. The third-order valence-corrected chi connectivity index (χ3v) is 5.36. The summed E-state index contributed by atoms with van der Waals surface area (Å²) in [6.45, 7) is 4.47. The Kier molecular flexibility index (Phi) is 6.11. The van der Waals surface area contributed by atoms with Crippen LogP contribution in [0.2, 0.25) is 0 Å². The number of benzene rings is 2. The molecule has 0 aliphatic carbocycles. The van der Waals surface area contributed by atoms with Crippen LogP contribution in [0.15, 0.2) is 48.5 Å². The van der Waals surface area contributed by atoms with Crippen molar-refractivity contribution >= 4 is 11.9 Å². The molecule has 0 bridgehead atoms. The predicted octanol–water partition coefficient (Wildman–Crippen LogP) is 3.96. The summed E-state index contributed by atoms with van der Waals surface area (Å²) in [4.78, 5) is 25.8. The molecular weight excluding hydrogens is 370 g/mol. The molecule has 3 rings (SSSR count). The highest BCUT2D eigenvalue weighted by molar-refractivity contribution is 5.94. The molecule has 6 heteroatoms. The van der Waals surface area contributed by atoms with Crippen molar-refractivity contribution in [2.24, 2.45) is 0 Å². The van der Waals surface area contributed by atoms with Crippen molar-refractivity contribution in [2.45, 2.75) is 38.2 Å². The van der Waals surface area contributed by atoms with Crippen LogP contribution in [0.25, 0.3) is 0 Å². The number of hydrogen-bond donors (Lipinski definition) is 1. The molecule has 6 nitrogen and oxygen atoms in total. The molecule has 1 amide bonds. The van der Waals surface area contributed by atoms with E-state index >= 15 is 0 Å². The van der Waals surface area contributed by atoms with Crippen molar-refractivity contribution in [3.63, 3.8) is 0 Å². The fourth-order valence-corrected chi connectivity index (χ4v) is 3.48. The summed E-state index contributed by atoms with van der Waals surface area (Å²) in [6.07, 6.45) is 1.78. The van der Waals surface area contributed by atoms with Crippen molar-refractivity contribution in [2.75, 3.05) is 20.2 Å². The summed E-state index contributed by atoms with van der Waals surface area (Å²) >= 11 is 0. The van der Waals surface area contributed by atoms with Crippen LogP contribution in [0.5, 0.6) is 11.5 Å². The Morgan fingerprint density at radius 3 is 2.03 bits per heavy atom. The predicted molar refractivity (Wildman–Crippen MR) is 110 cm³/mol. The summed E-state index contributed by atoms with van der Waals surface area (Å²) < 4.78 is 10.7. The van der Waals surface area contributed by atoms with Crippen LogP contribution in [0, 0.1) is 0 Å². The van der Waals surface area contributed by atoms with Crippen LogP contribution in [0.4, 0.5) is 0 Å². The van der Waals surface area contributed by atoms with E-state index in [-0.39, 0.29) is 5.91 Å². The Morgan fingerprint density at radius 1 is 0.966 bits per heavy atom. The summed E-state index contributed by atoms with van der Waals surface area (Å²) in [7, 11) is 1.60. The van der Waals surface area contributed by atoms with E-state index in [1.54, 1.807) is 31.4 Å². The number of nitrogens with zero attached hydrogens (tertiary/aromatic N) is 1. The zero-order chi connectivity index (χ0) is 21.0. The highest BCUT2D eigenvalue weighted by Crippen LogP contribution is 2.30. The highest BCUT2D eigenvalue weighted by atomic mass is 16.5. The molecule has 154 valence electrons. The first-order valence-corrected chi connectivity index (χ1v) is 9.76. The molecule has 0 aromatic heterocycles. The van der Waals surface area contributed by atoms with Gasteiger partial charge in [0.05, 0.1) is 7.11 Å². The van der Waals surface area contributed by atoms with Gasteiger partial charge in [-0.05, 0) is 74.6 Å². The molecule has 0 saturated carbocycles. The van der Waals surface area contributed by atoms with E-state index in [2.05, 4.69) is 0 Å². The lowest BCUT2D eigenvalue weighted by atomic mass is 9.89. The van der Waals surface area contributed by atoms with E-state index in [1.807, 2.05) is 29.2 Å². The quantitative estimate of drug-likeness (QED) is 0.799. The maximum absolute atomic E-state index is 12.7. The SMILES string of the molecule is COc1ccc(C(=O)N2CCC(c3ccc(OC(C)(C)C(=O)O)cc3)CC2)cc1. The first kappa shape index (κ1) is 20.7. The summed E-state index contributed by atoms with van der Waals surface area (Å²) in [5.41, 5.74) is 0.586. The standard InChI is InChI=1S/C23H27NO5/c1-23(2,22(26)27)29-20-10-4-16(5-11-20)17-12-14-24(15-13-17)21(25)18-6-8-19(28-3)9-7-18/h4-11,17H,12-15H2,1-3H3,(H,26,27). The lowest BCUT2D eigenvalue weighted by Gasteiger charge is -2.32. The highest BCUT2D eigenvalue weighted by Gasteiger charge is 2.29. The summed E-state index contributed by atoms with van der Waals surface area (Å²) in [5, 5.41) is 9.18. The van der Waals surface area contributed by atoms with Crippen LogP contribution < -0.4 is 9.47 Å². The van der Waals surface area contributed by atoms with Gasteiger partial charge >= 0.3 is 5.97 Å². The molecule has 0 radical (unpaired) electrons. The van der Waals surface area contributed by atoms with Gasteiger partial charge in [0.2, 0.25) is 0 Å². The average molecular weight is 397 g/mol. The average Bonchev–Trinajstić information content (AvgIpc) is 2.73. The van der Waals surface area contributed by atoms with Crippen LogP contribution in [0.3, 0.4) is 0 Å². The van der Waals surface area contributed by atoms with Gasteiger partial charge in [0.1, 0.15) is 11.5 Å². The van der Waals surface area contributed by atoms with Crippen LogP contribution in [-0.4, -0.2) is 47.7 Å². The Bertz CT molecular complexity index is 850. The number of methoxy groups -OCH3 is 1. The van der Waals surface area contributed by atoms with E-state index in [4.69, 9.17) is 9.47 Å². The number of carboxylic acid groups (broad SMARTS) is 1. The van der Waals surface area contributed by atoms with Gasteiger partial charge in [-0.2, -0.15) is 0 Å². The lowest BCUT2D eigenvalue weighted by molar-refractivity contribution is -0.152. The monoisotopic (exact) mass is 397 g/mol. The van der Waals surface area contributed by atoms with Crippen molar-refractivity contribution in [3.8, 4) is 11.5 Å². The number of ether oxygens (including phenoxy) is 2. The summed E-state index contributed by atoms with van der Waals surface area (Å²) in [5.74, 6) is 0.686. The van der Waals surface area contributed by atoms with E-state index < -0.39 is 11.6 Å². The first-order valence-electron chi connectivity index (χ1n) is 9.76. The Hall–Kier alpha value is -3.02. The fraction of sp³-hybridized carbons (Fsp3) is 0.391. The van der Waals surface area contributed by atoms with Gasteiger partial charge in [0, 0.05) is 18.7 Å². The van der Waals surface area contributed by atoms with E-state index in [0.29, 0.717) is 30.3 Å². The molecule has 29 heavy (non-hydrogen) atoms. The Morgan fingerprint density at radius 2 is 1.52 bits per heavy atom. The van der Waals surface area contributed by atoms with Crippen LogP contribution in [0.1, 0.15) is 48.5 Å². The van der Waals surface area contributed by atoms with E-state index in [9.17, 15) is 14.7 Å². The second-order valence-electron chi connectivity index (χ2n) is 7.78. The van der Waals surface area contributed by atoms with Gasteiger partial charge < -0.3 is 19.5 Å². The minimum atomic E-state index is -1.27. The molecule has 1 aliphatic heterocycles. The number of carboxylic acids is 1. The maximum atomic E-state index is 12.7. The fourth-order valence-electron chi connectivity index (χ4n) is 3.48. The maximum Gasteiger partial charge on any atom is 0.347 e. The molecule has 1 fully saturated rings. The molecule has 0 spiro atoms. The number of hydrogen-bond acceptors (Lipinski definition) is 4. The molecule has 2 aromatic carbocycles. The molecule has 1 heterocycles. The van der Waals surface area contributed by atoms with Crippen LogP contribution >= 0.6 is 0 Å². The number of amides is 1. The van der Waals surface area contributed by atoms with Crippen molar-refractivity contribution in [1.29, 1.82) is 0 Å². The van der Waals surface area contributed by atoms with E-state index in [0.717, 1.165) is 18.6 Å². The first-order chi connectivity index (χ1) is 13.8. The van der Waals surface area contributed by atoms with Crippen molar-refractivity contribution in [3.05, 3.63) is 59.7 Å². The van der Waals surface area contributed by atoms with Gasteiger partial charge in [0.15, 0.2) is 5.60 Å². The van der Waals surface area contributed by atoms with Gasteiger partial charge in [-0.15, -0.1) is 0 Å². The molecule has 1 N–H and O–H groups in total. The van der Waals surface area contributed by atoms with Crippen molar-refractivity contribution < 1.29 is 24.2 Å². The zero-order valence-corrected chi connectivity index (χ0v) is 17.1. The Labute approximate surface area is 171 Å². The number of carbonyl (C=O) groups is 2. The van der Waals surface area contributed by atoms with Crippen LogP contribution in [-0.2, 0) is 4.79 Å². The lowest BCUT2D eigenvalue weighted by Crippen LogP contribution is -2.38. The summed E-state index contributed by atoms with van der Waals surface area (Å²) in [6, 6.07) is 14.8. The normalized spacial score (nSPS) is 15.1. The molecule has 0 atom stereocenters. The van der Waals surface area contributed by atoms with E-state index in [1.165, 1.54) is 19.4 Å². The van der Waals surface area contributed by atoms with Gasteiger partial charge in [-0.1, -0.05) is 12.1 Å². The number of aliphatic carboxylic acids is 1. The number of carbonyl (C=O) groups excluding carboxylic acids is 1. The minimum Gasteiger partial charge on any atom is -0.497 e. The zero-order valence-electron chi connectivity index (χ0n) is 17.1. The second-order valence-corrected chi connectivity index (χ2v) is 7.78. The molecule has 1 aliphatic rings. The largest absolute Gasteiger partial charge is 0.497 e. The minimum absolute atomic E-state index is 0.0470. The smallest absolute Gasteiger partial charge is 0.347 e. The molecule has 2 aromatic rings. The molecule has 1 saturated heterocycles. The third-order valence-electron chi connectivity index (χ3n) is 5.36.